The summed E-state index contributed by atoms with van der Waals surface area (Å²) in [5.41, 5.74) is 10.9. The predicted molar refractivity (Wildman–Crippen MR) is 127 cm³/mol. The first-order chi connectivity index (χ1) is 15.5. The number of carbonyl (C=O) groups is 1. The molecule has 2 aromatic heterocycles. The van der Waals surface area contributed by atoms with Crippen LogP contribution in [0.4, 0.5) is 0 Å². The number of primary amides is 1. The van der Waals surface area contributed by atoms with Crippen molar-refractivity contribution in [1.29, 1.82) is 0 Å². The van der Waals surface area contributed by atoms with Crippen LogP contribution in [0, 0.1) is 6.92 Å². The first-order valence-electron chi connectivity index (χ1n) is 10.2. The summed E-state index contributed by atoms with van der Waals surface area (Å²) in [5, 5.41) is 2.92. The van der Waals surface area contributed by atoms with Crippen LogP contribution < -0.4 is 15.2 Å². The Labute approximate surface area is 191 Å². The van der Waals surface area contributed by atoms with Crippen molar-refractivity contribution in [3.8, 4) is 33.5 Å². The molecule has 0 saturated heterocycles. The highest BCUT2D eigenvalue weighted by atomic mass is 32.1. The number of ether oxygens (including phenoxy) is 2. The number of hydrogen-bond acceptors (Lipinski definition) is 5. The summed E-state index contributed by atoms with van der Waals surface area (Å²) in [6.07, 6.45) is 0.806. The Balaban J connectivity index is 1.64. The summed E-state index contributed by atoms with van der Waals surface area (Å²) in [5.74, 6) is 1.20. The van der Waals surface area contributed by atoms with E-state index in [0.29, 0.717) is 12.1 Å². The van der Waals surface area contributed by atoms with Gasteiger partial charge in [-0.15, -0.1) is 11.3 Å². The molecule has 2 aromatic carbocycles. The van der Waals surface area contributed by atoms with Crippen LogP contribution in [-0.4, -0.2) is 29.7 Å². The molecule has 6 nitrogen and oxygen atoms in total. The van der Waals surface area contributed by atoms with Gasteiger partial charge >= 0.3 is 0 Å². The summed E-state index contributed by atoms with van der Waals surface area (Å²) in [6.45, 7) is 2.63. The van der Waals surface area contributed by atoms with Crippen LogP contribution >= 0.6 is 11.3 Å². The Morgan fingerprint density at radius 1 is 1.03 bits per heavy atom. The molecule has 0 aliphatic carbocycles. The van der Waals surface area contributed by atoms with Gasteiger partial charge in [0.1, 0.15) is 16.5 Å². The highest BCUT2D eigenvalue weighted by molar-refractivity contribution is 7.13. The van der Waals surface area contributed by atoms with E-state index < -0.39 is 5.91 Å². The molecule has 0 aliphatic heterocycles. The molecule has 7 heteroatoms. The number of aromatic nitrogens is 2. The number of thiazole rings is 1. The van der Waals surface area contributed by atoms with Crippen molar-refractivity contribution >= 4 is 17.2 Å². The lowest BCUT2D eigenvalue weighted by atomic mass is 10.1. The zero-order valence-electron chi connectivity index (χ0n) is 18.3. The van der Waals surface area contributed by atoms with Crippen LogP contribution in [0.1, 0.15) is 21.6 Å². The van der Waals surface area contributed by atoms with E-state index >= 15 is 0 Å². The monoisotopic (exact) mass is 447 g/mol. The fourth-order valence-corrected chi connectivity index (χ4v) is 4.51. The minimum atomic E-state index is -0.433. The number of nitrogens with zero attached hydrogens (tertiary/aromatic N) is 2. The minimum absolute atomic E-state index is 0.433. The maximum atomic E-state index is 12.0. The highest BCUT2D eigenvalue weighted by Crippen LogP contribution is 2.32. The van der Waals surface area contributed by atoms with Crippen molar-refractivity contribution < 1.29 is 14.3 Å². The number of aryl methyl sites for hydroxylation is 1. The molecule has 1 amide bonds. The molecule has 0 saturated carbocycles. The first-order valence-corrected chi connectivity index (χ1v) is 11.1. The maximum Gasteiger partial charge on any atom is 0.250 e. The van der Waals surface area contributed by atoms with Gasteiger partial charge in [0.15, 0.2) is 0 Å². The molecule has 0 aliphatic rings. The molecule has 164 valence electrons. The number of benzene rings is 2. The second-order valence-corrected chi connectivity index (χ2v) is 8.27. The topological polar surface area (TPSA) is 79.4 Å². The second kappa shape index (κ2) is 9.28. The quantitative estimate of drug-likeness (QED) is 0.415. The van der Waals surface area contributed by atoms with Gasteiger partial charge in [-0.1, -0.05) is 12.1 Å². The molecule has 4 aromatic rings. The normalized spacial score (nSPS) is 10.8. The summed E-state index contributed by atoms with van der Waals surface area (Å²) < 4.78 is 12.6. The van der Waals surface area contributed by atoms with Gasteiger partial charge in [-0.05, 0) is 61.4 Å². The van der Waals surface area contributed by atoms with Gasteiger partial charge in [0.05, 0.1) is 31.2 Å². The van der Waals surface area contributed by atoms with Gasteiger partial charge in [0.25, 0.3) is 5.91 Å². The Morgan fingerprint density at radius 3 is 2.25 bits per heavy atom. The Hall–Kier alpha value is -3.58. The second-order valence-electron chi connectivity index (χ2n) is 7.41. The molecule has 2 heterocycles. The Kier molecular flexibility index (Phi) is 6.28. The number of methoxy groups -OCH3 is 2. The van der Waals surface area contributed by atoms with Crippen LogP contribution in [0.15, 0.2) is 60.0 Å². The third-order valence-electron chi connectivity index (χ3n) is 5.52. The van der Waals surface area contributed by atoms with Crippen molar-refractivity contribution in [3.63, 3.8) is 0 Å². The Morgan fingerprint density at radius 2 is 1.66 bits per heavy atom. The number of carbonyl (C=O) groups excluding carboxylic acids is 1. The molecule has 4 rings (SSSR count). The van der Waals surface area contributed by atoms with E-state index in [1.54, 1.807) is 25.6 Å². The third kappa shape index (κ3) is 4.38. The number of amides is 1. The fourth-order valence-electron chi connectivity index (χ4n) is 3.69. The van der Waals surface area contributed by atoms with Crippen molar-refractivity contribution in [2.45, 2.75) is 19.9 Å². The molecular formula is C25H25N3O3S. The lowest BCUT2D eigenvalue weighted by Gasteiger charge is -2.11. The average Bonchev–Trinajstić information content (AvgIpc) is 3.43. The number of nitrogens with two attached hydrogens (primary N) is 1. The molecule has 0 atom stereocenters. The minimum Gasteiger partial charge on any atom is -0.497 e. The summed E-state index contributed by atoms with van der Waals surface area (Å²) >= 11 is 1.57. The van der Waals surface area contributed by atoms with E-state index in [-0.39, 0.29) is 0 Å². The maximum absolute atomic E-state index is 12.0. The third-order valence-corrected chi connectivity index (χ3v) is 6.41. The van der Waals surface area contributed by atoms with Gasteiger partial charge in [0.2, 0.25) is 0 Å². The molecule has 32 heavy (non-hydrogen) atoms. The van der Waals surface area contributed by atoms with Crippen molar-refractivity contribution in [3.05, 3.63) is 76.8 Å². The number of hydrogen-bond donors (Lipinski definition) is 1. The molecule has 2 N–H and O–H groups in total. The van der Waals surface area contributed by atoms with E-state index in [0.717, 1.165) is 45.6 Å². The average molecular weight is 448 g/mol. The largest absolute Gasteiger partial charge is 0.497 e. The summed E-state index contributed by atoms with van der Waals surface area (Å²) in [6, 6.07) is 17.7. The van der Waals surface area contributed by atoms with Crippen molar-refractivity contribution in [2.75, 3.05) is 14.2 Å². The van der Waals surface area contributed by atoms with Crippen LogP contribution in [0.3, 0.4) is 0 Å². The van der Waals surface area contributed by atoms with E-state index in [2.05, 4.69) is 16.7 Å². The lowest BCUT2D eigenvalue weighted by molar-refractivity contribution is 0.0999. The summed E-state index contributed by atoms with van der Waals surface area (Å²) in [7, 11) is 3.30. The summed E-state index contributed by atoms with van der Waals surface area (Å²) in [4.78, 5) is 16.9. The zero-order valence-corrected chi connectivity index (χ0v) is 19.1. The zero-order chi connectivity index (χ0) is 22.7. The van der Waals surface area contributed by atoms with Gasteiger partial charge in [-0.25, -0.2) is 4.98 Å². The SMILES string of the molecule is COc1ccc(CCn2c(-c3csc(-c4ccc(OC)cc4)n3)cc(C(N)=O)c2C)cc1. The molecule has 0 fully saturated rings. The van der Waals surface area contributed by atoms with Crippen molar-refractivity contribution in [2.24, 2.45) is 5.73 Å². The van der Waals surface area contributed by atoms with Gasteiger partial charge < -0.3 is 19.8 Å². The van der Waals surface area contributed by atoms with Crippen LogP contribution in [0.25, 0.3) is 22.0 Å². The van der Waals surface area contributed by atoms with Crippen LogP contribution in [-0.2, 0) is 13.0 Å². The smallest absolute Gasteiger partial charge is 0.250 e. The van der Waals surface area contributed by atoms with E-state index in [4.69, 9.17) is 20.2 Å². The van der Waals surface area contributed by atoms with Gasteiger partial charge in [0, 0.05) is 23.2 Å². The molecule has 0 bridgehead atoms. The number of rotatable bonds is 8. The lowest BCUT2D eigenvalue weighted by Crippen LogP contribution is -2.13. The van der Waals surface area contributed by atoms with Crippen LogP contribution in [0.5, 0.6) is 11.5 Å². The molecule has 0 unspecified atom stereocenters. The van der Waals surface area contributed by atoms with E-state index in [9.17, 15) is 4.79 Å². The first kappa shape index (κ1) is 21.6. The molecular weight excluding hydrogens is 422 g/mol. The van der Waals surface area contributed by atoms with Crippen molar-refractivity contribution in [1.82, 2.24) is 9.55 Å². The predicted octanol–water partition coefficient (Wildman–Crippen LogP) is 4.95. The standard InChI is InChI=1S/C25H25N3O3S/c1-16-21(24(26)29)14-23(28(16)13-12-17-4-8-19(30-2)9-5-17)22-15-32-25(27-22)18-6-10-20(31-3)11-7-18/h4-11,14-15H,12-13H2,1-3H3,(H2,26,29). The fraction of sp³-hybridized carbons (Fsp3) is 0.200. The van der Waals surface area contributed by atoms with Gasteiger partial charge in [-0.2, -0.15) is 0 Å². The molecule has 0 radical (unpaired) electrons. The highest BCUT2D eigenvalue weighted by Gasteiger charge is 2.19. The Bertz CT molecular complexity index is 1220. The van der Waals surface area contributed by atoms with Crippen LogP contribution in [0.2, 0.25) is 0 Å². The van der Waals surface area contributed by atoms with E-state index in [1.807, 2.05) is 54.8 Å². The van der Waals surface area contributed by atoms with E-state index in [1.165, 1.54) is 5.56 Å². The molecule has 0 spiro atoms. The van der Waals surface area contributed by atoms with Gasteiger partial charge in [-0.3, -0.25) is 4.79 Å².